The maximum Gasteiger partial charge on any atom is 0.237 e. The molecule has 2 N–H and O–H groups in total. The van der Waals surface area contributed by atoms with Gasteiger partial charge in [0.15, 0.2) is 0 Å². The summed E-state index contributed by atoms with van der Waals surface area (Å²) in [6.45, 7) is 0.855. The fourth-order valence-electron chi connectivity index (χ4n) is 5.40. The molecule has 4 rings (SSSR count). The normalized spacial score (nSPS) is 44.3. The molecule has 6 heteroatoms. The fourth-order valence-corrected chi connectivity index (χ4v) is 5.85. The van der Waals surface area contributed by atoms with E-state index in [0.717, 1.165) is 38.6 Å². The molecule has 2 heterocycles. The number of amides is 1. The summed E-state index contributed by atoms with van der Waals surface area (Å²) in [7, 11) is 0. The van der Waals surface area contributed by atoms with Gasteiger partial charge in [-0.1, -0.05) is 6.42 Å². The van der Waals surface area contributed by atoms with Crippen LogP contribution in [0, 0.1) is 11.8 Å². The van der Waals surface area contributed by atoms with Gasteiger partial charge >= 0.3 is 0 Å². The predicted octanol–water partition coefficient (Wildman–Crippen LogP) is 3.11. The van der Waals surface area contributed by atoms with Gasteiger partial charge in [-0.2, -0.15) is 22.9 Å². The Bertz CT molecular complexity index is 514. The number of hydrogen-bond donors (Lipinski definition) is 3. The largest absolute Gasteiger partial charge is 0.352 e. The predicted molar refractivity (Wildman–Crippen MR) is 102 cm³/mol. The molecular formula is C19H32N4OS. The summed E-state index contributed by atoms with van der Waals surface area (Å²) in [4.78, 5) is 12.8. The second kappa shape index (κ2) is 7.95. The molecule has 7 atom stereocenters. The minimum Gasteiger partial charge on any atom is -0.352 e. The van der Waals surface area contributed by atoms with E-state index in [4.69, 9.17) is 12.6 Å². The number of nitrogens with one attached hydrogen (secondary N) is 2. The Morgan fingerprint density at radius 3 is 2.76 bits per heavy atom. The van der Waals surface area contributed by atoms with Crippen LogP contribution < -0.4 is 10.6 Å². The number of carbonyl (C=O) groups excluding carboxylic acids is 1. The lowest BCUT2D eigenvalue weighted by Crippen LogP contribution is -2.55. The quantitative estimate of drug-likeness (QED) is 0.674. The van der Waals surface area contributed by atoms with Crippen molar-refractivity contribution in [2.24, 2.45) is 22.1 Å². The van der Waals surface area contributed by atoms with Crippen LogP contribution >= 0.6 is 12.6 Å². The summed E-state index contributed by atoms with van der Waals surface area (Å²) >= 11 is 4.70. The lowest BCUT2D eigenvalue weighted by Gasteiger charge is -2.39. The highest BCUT2D eigenvalue weighted by atomic mass is 32.1. The Kier molecular flexibility index (Phi) is 5.65. The molecule has 7 unspecified atom stereocenters. The van der Waals surface area contributed by atoms with Crippen LogP contribution in [0.4, 0.5) is 0 Å². The van der Waals surface area contributed by atoms with E-state index in [1.807, 2.05) is 0 Å². The van der Waals surface area contributed by atoms with Gasteiger partial charge in [0.05, 0.1) is 18.6 Å². The first kappa shape index (κ1) is 17.8. The van der Waals surface area contributed by atoms with E-state index in [1.54, 1.807) is 0 Å². The van der Waals surface area contributed by atoms with Crippen molar-refractivity contribution >= 4 is 18.5 Å². The van der Waals surface area contributed by atoms with Crippen LogP contribution in [0.3, 0.4) is 0 Å². The van der Waals surface area contributed by atoms with E-state index in [1.165, 1.54) is 32.1 Å². The number of carbonyl (C=O) groups is 1. The summed E-state index contributed by atoms with van der Waals surface area (Å²) in [6, 6.07) is 1.24. The van der Waals surface area contributed by atoms with Crippen molar-refractivity contribution in [1.29, 1.82) is 0 Å². The summed E-state index contributed by atoms with van der Waals surface area (Å²) in [5, 5.41) is 16.1. The number of hydrogen-bond acceptors (Lipinski definition) is 5. The fraction of sp³-hybridized carbons (Fsp3) is 0.947. The van der Waals surface area contributed by atoms with Gasteiger partial charge in [-0.05, 0) is 63.7 Å². The van der Waals surface area contributed by atoms with E-state index in [-0.39, 0.29) is 11.9 Å². The first-order chi connectivity index (χ1) is 12.2. The van der Waals surface area contributed by atoms with Crippen molar-refractivity contribution in [1.82, 2.24) is 10.6 Å². The van der Waals surface area contributed by atoms with Gasteiger partial charge in [0.2, 0.25) is 5.91 Å². The Labute approximate surface area is 156 Å². The molecule has 4 aliphatic rings. The Morgan fingerprint density at radius 2 is 1.88 bits per heavy atom. The third kappa shape index (κ3) is 4.21. The van der Waals surface area contributed by atoms with Crippen LogP contribution in [0.1, 0.15) is 64.2 Å². The van der Waals surface area contributed by atoms with Crippen LogP contribution in [-0.4, -0.2) is 41.9 Å². The molecule has 5 nitrogen and oxygen atoms in total. The molecule has 2 aliphatic carbocycles. The van der Waals surface area contributed by atoms with Crippen LogP contribution in [0.2, 0.25) is 0 Å². The van der Waals surface area contributed by atoms with Crippen LogP contribution in [0.15, 0.2) is 10.2 Å². The third-order valence-electron chi connectivity index (χ3n) is 6.83. The zero-order valence-corrected chi connectivity index (χ0v) is 16.0. The Morgan fingerprint density at radius 1 is 1.00 bits per heavy atom. The number of azo groups is 1. The van der Waals surface area contributed by atoms with Gasteiger partial charge in [-0.3, -0.25) is 4.79 Å². The molecule has 140 valence electrons. The molecule has 0 aromatic heterocycles. The number of fused-ring (bicyclic) bond motifs is 1. The van der Waals surface area contributed by atoms with E-state index >= 15 is 0 Å². The van der Waals surface area contributed by atoms with Crippen LogP contribution in [0.25, 0.3) is 0 Å². The monoisotopic (exact) mass is 364 g/mol. The first-order valence-corrected chi connectivity index (χ1v) is 10.8. The van der Waals surface area contributed by atoms with Gasteiger partial charge in [0, 0.05) is 23.3 Å². The zero-order valence-electron chi connectivity index (χ0n) is 15.1. The summed E-state index contributed by atoms with van der Waals surface area (Å²) in [5.74, 6) is 1.47. The van der Waals surface area contributed by atoms with E-state index in [2.05, 4.69) is 20.9 Å². The molecule has 25 heavy (non-hydrogen) atoms. The minimum atomic E-state index is -0.00489. The highest BCUT2D eigenvalue weighted by Crippen LogP contribution is 2.34. The molecule has 0 bridgehead atoms. The Hall–Kier alpha value is -0.620. The number of rotatable bonds is 3. The van der Waals surface area contributed by atoms with Crippen LogP contribution in [-0.2, 0) is 4.79 Å². The SMILES string of the molecule is O=C(NC1CCC2N=NCC2C1)C1CCCC(C2CCCC(S)C2)N1. The number of nitrogens with zero attached hydrogens (tertiary/aromatic N) is 2. The molecule has 0 spiro atoms. The van der Waals surface area contributed by atoms with Gasteiger partial charge in [0.1, 0.15) is 0 Å². The van der Waals surface area contributed by atoms with E-state index in [9.17, 15) is 4.79 Å². The topological polar surface area (TPSA) is 65.8 Å². The maximum absolute atomic E-state index is 12.8. The number of thiol groups is 1. The lowest BCUT2D eigenvalue weighted by atomic mass is 9.79. The number of piperidine rings is 1. The van der Waals surface area contributed by atoms with Crippen molar-refractivity contribution in [3.63, 3.8) is 0 Å². The average molecular weight is 365 g/mol. The molecular weight excluding hydrogens is 332 g/mol. The highest BCUT2D eigenvalue weighted by molar-refractivity contribution is 7.80. The standard InChI is InChI=1S/C19H32N4OS/c24-19(21-14-7-8-17-13(9-14)11-20-23-17)18-6-2-5-16(22-18)12-3-1-4-15(25)10-12/h12-18,22,25H,1-11H2,(H,21,24). The minimum absolute atomic E-state index is 0.00489. The summed E-state index contributed by atoms with van der Waals surface area (Å²) < 4.78 is 0. The van der Waals surface area contributed by atoms with Gasteiger partial charge in [-0.25, -0.2) is 0 Å². The van der Waals surface area contributed by atoms with Crippen molar-refractivity contribution in [3.05, 3.63) is 0 Å². The van der Waals surface area contributed by atoms with Gasteiger partial charge in [0.25, 0.3) is 0 Å². The molecule has 0 radical (unpaired) electrons. The van der Waals surface area contributed by atoms with Crippen molar-refractivity contribution in [2.45, 2.75) is 93.6 Å². The molecule has 1 saturated heterocycles. The third-order valence-corrected chi connectivity index (χ3v) is 7.30. The molecule has 0 aromatic rings. The Balaban J connectivity index is 1.28. The second-order valence-electron chi connectivity index (χ2n) is 8.62. The molecule has 2 aliphatic heterocycles. The van der Waals surface area contributed by atoms with Crippen molar-refractivity contribution in [3.8, 4) is 0 Å². The van der Waals surface area contributed by atoms with Crippen LogP contribution in [0.5, 0.6) is 0 Å². The average Bonchev–Trinajstić information content (AvgIpc) is 3.09. The van der Waals surface area contributed by atoms with Crippen molar-refractivity contribution in [2.75, 3.05) is 6.54 Å². The molecule has 1 amide bonds. The highest BCUT2D eigenvalue weighted by Gasteiger charge is 2.36. The lowest BCUT2D eigenvalue weighted by molar-refractivity contribution is -0.125. The zero-order chi connectivity index (χ0) is 17.2. The van der Waals surface area contributed by atoms with Gasteiger partial charge < -0.3 is 10.6 Å². The molecule has 0 aromatic carbocycles. The van der Waals surface area contributed by atoms with E-state index in [0.29, 0.717) is 35.2 Å². The first-order valence-electron chi connectivity index (χ1n) is 10.3. The second-order valence-corrected chi connectivity index (χ2v) is 9.35. The maximum atomic E-state index is 12.8. The van der Waals surface area contributed by atoms with Gasteiger partial charge in [-0.15, -0.1) is 0 Å². The smallest absolute Gasteiger partial charge is 0.237 e. The molecule has 3 fully saturated rings. The van der Waals surface area contributed by atoms with E-state index < -0.39 is 0 Å². The summed E-state index contributed by atoms with van der Waals surface area (Å²) in [5.41, 5.74) is 0. The molecule has 2 saturated carbocycles. The summed E-state index contributed by atoms with van der Waals surface area (Å²) in [6.07, 6.45) is 11.5. The van der Waals surface area contributed by atoms with Crippen molar-refractivity contribution < 1.29 is 4.79 Å².